The van der Waals surface area contributed by atoms with Crippen molar-refractivity contribution in [1.29, 1.82) is 0 Å². The predicted octanol–water partition coefficient (Wildman–Crippen LogP) is 0.791. The molecule has 0 aromatic carbocycles. The fourth-order valence-corrected chi connectivity index (χ4v) is 4.37. The summed E-state index contributed by atoms with van der Waals surface area (Å²) < 4.78 is 33.1. The van der Waals surface area contributed by atoms with Gasteiger partial charge in [-0.25, -0.2) is 8.42 Å². The molecule has 1 atom stereocenters. The van der Waals surface area contributed by atoms with Gasteiger partial charge in [0.15, 0.2) is 16.4 Å². The zero-order valence-electron chi connectivity index (χ0n) is 13.1. The number of furan rings is 1. The van der Waals surface area contributed by atoms with Gasteiger partial charge in [-0.05, 0) is 25.5 Å². The summed E-state index contributed by atoms with van der Waals surface area (Å²) in [5.74, 6) is -0.0749. The maximum Gasteiger partial charge on any atom is 0.306 e. The van der Waals surface area contributed by atoms with Crippen LogP contribution in [0.25, 0.3) is 0 Å². The van der Waals surface area contributed by atoms with Gasteiger partial charge in [-0.15, -0.1) is 0 Å². The lowest BCUT2D eigenvalue weighted by atomic mass is 10.2. The Hall–Kier alpha value is -1.83. The van der Waals surface area contributed by atoms with E-state index in [2.05, 4.69) is 0 Å². The lowest BCUT2D eigenvalue weighted by Crippen LogP contribution is -2.43. The van der Waals surface area contributed by atoms with Gasteiger partial charge in [-0.2, -0.15) is 0 Å². The van der Waals surface area contributed by atoms with Crippen LogP contribution in [-0.2, 0) is 30.6 Å². The summed E-state index contributed by atoms with van der Waals surface area (Å²) >= 11 is 0. The number of amides is 1. The van der Waals surface area contributed by atoms with E-state index in [1.54, 1.807) is 19.1 Å². The van der Waals surface area contributed by atoms with E-state index in [0.29, 0.717) is 25.1 Å². The Morgan fingerprint density at radius 3 is 2.78 bits per heavy atom. The van der Waals surface area contributed by atoms with E-state index in [0.717, 1.165) is 0 Å². The van der Waals surface area contributed by atoms with Crippen molar-refractivity contribution in [3.05, 3.63) is 24.2 Å². The number of carbonyl (C=O) groups is 2. The standard InChI is InChI=1S/C15H21NO6S/c1-2-16(12-7-9-23(19,20)11-12)14(17)10-22-15(18)6-5-13-4-3-8-21-13/h3-4,8,12H,2,5-7,9-11H2,1H3. The van der Waals surface area contributed by atoms with Crippen LogP contribution in [0.1, 0.15) is 25.5 Å². The van der Waals surface area contributed by atoms with Crippen molar-refractivity contribution in [2.45, 2.75) is 32.2 Å². The average Bonchev–Trinajstić information content (AvgIpc) is 3.13. The quantitative estimate of drug-likeness (QED) is 0.680. The number of rotatable bonds is 7. The fourth-order valence-electron chi connectivity index (χ4n) is 2.64. The molecule has 1 amide bonds. The lowest BCUT2D eigenvalue weighted by molar-refractivity contribution is -0.152. The Bertz CT molecular complexity index is 637. The molecule has 1 saturated heterocycles. The van der Waals surface area contributed by atoms with Crippen molar-refractivity contribution in [3.63, 3.8) is 0 Å². The molecule has 0 bridgehead atoms. The normalized spacial score (nSPS) is 19.4. The molecule has 0 radical (unpaired) electrons. The third-order valence-corrected chi connectivity index (χ3v) is 5.57. The van der Waals surface area contributed by atoms with Crippen LogP contribution >= 0.6 is 0 Å². The first-order chi connectivity index (χ1) is 10.9. The third-order valence-electron chi connectivity index (χ3n) is 3.82. The molecule has 1 aromatic heterocycles. The Labute approximate surface area is 135 Å². The number of likely N-dealkylation sites (N-methyl/N-ethyl adjacent to an activating group) is 1. The minimum Gasteiger partial charge on any atom is -0.469 e. The van der Waals surface area contributed by atoms with Crippen molar-refractivity contribution >= 4 is 21.7 Å². The largest absolute Gasteiger partial charge is 0.469 e. The number of sulfone groups is 1. The number of nitrogens with zero attached hydrogens (tertiary/aromatic N) is 1. The van der Waals surface area contributed by atoms with Crippen LogP contribution in [-0.4, -0.2) is 55.9 Å². The maximum absolute atomic E-state index is 12.1. The van der Waals surface area contributed by atoms with E-state index in [1.165, 1.54) is 11.2 Å². The Morgan fingerprint density at radius 1 is 1.43 bits per heavy atom. The maximum atomic E-state index is 12.1. The highest BCUT2D eigenvalue weighted by Crippen LogP contribution is 2.17. The minimum atomic E-state index is -3.06. The van der Waals surface area contributed by atoms with Gasteiger partial charge in [-0.1, -0.05) is 0 Å². The second kappa shape index (κ2) is 7.63. The molecule has 1 aliphatic rings. The number of carbonyl (C=O) groups excluding carboxylic acids is 2. The highest BCUT2D eigenvalue weighted by Gasteiger charge is 2.34. The molecule has 1 unspecified atom stereocenters. The van der Waals surface area contributed by atoms with Crippen LogP contribution in [0.5, 0.6) is 0 Å². The van der Waals surface area contributed by atoms with Crippen LogP contribution in [0.15, 0.2) is 22.8 Å². The van der Waals surface area contributed by atoms with Crippen molar-refractivity contribution in [2.75, 3.05) is 24.7 Å². The molecule has 7 nitrogen and oxygen atoms in total. The number of esters is 1. The molecule has 128 valence electrons. The van der Waals surface area contributed by atoms with Crippen molar-refractivity contribution < 1.29 is 27.2 Å². The number of aryl methyl sites for hydroxylation is 1. The van der Waals surface area contributed by atoms with Gasteiger partial charge >= 0.3 is 5.97 Å². The van der Waals surface area contributed by atoms with Crippen molar-refractivity contribution in [1.82, 2.24) is 4.90 Å². The predicted molar refractivity (Wildman–Crippen MR) is 82.4 cm³/mol. The molecular formula is C15H21NO6S. The molecule has 8 heteroatoms. The molecular weight excluding hydrogens is 322 g/mol. The summed E-state index contributed by atoms with van der Waals surface area (Å²) in [7, 11) is -3.06. The molecule has 0 saturated carbocycles. The van der Waals surface area contributed by atoms with Gasteiger partial charge < -0.3 is 14.1 Å². The molecule has 2 rings (SSSR count). The molecule has 1 aliphatic heterocycles. The minimum absolute atomic E-state index is 0.0149. The lowest BCUT2D eigenvalue weighted by Gasteiger charge is -2.26. The van der Waals surface area contributed by atoms with Crippen LogP contribution in [0.2, 0.25) is 0 Å². The van der Waals surface area contributed by atoms with Gasteiger partial charge in [0.2, 0.25) is 0 Å². The molecule has 2 heterocycles. The second-order valence-electron chi connectivity index (χ2n) is 5.48. The van der Waals surface area contributed by atoms with E-state index < -0.39 is 15.8 Å². The Morgan fingerprint density at radius 2 is 2.22 bits per heavy atom. The molecule has 1 fully saturated rings. The molecule has 0 N–H and O–H groups in total. The van der Waals surface area contributed by atoms with Gasteiger partial charge in [-0.3, -0.25) is 9.59 Å². The summed E-state index contributed by atoms with van der Waals surface area (Å²) in [5, 5.41) is 0. The number of hydrogen-bond acceptors (Lipinski definition) is 6. The highest BCUT2D eigenvalue weighted by atomic mass is 32.2. The van der Waals surface area contributed by atoms with E-state index >= 15 is 0 Å². The zero-order valence-corrected chi connectivity index (χ0v) is 13.9. The fraction of sp³-hybridized carbons (Fsp3) is 0.600. The van der Waals surface area contributed by atoms with Gasteiger partial charge in [0.05, 0.1) is 24.2 Å². The first-order valence-electron chi connectivity index (χ1n) is 7.59. The first-order valence-corrected chi connectivity index (χ1v) is 9.41. The topological polar surface area (TPSA) is 93.9 Å². The van der Waals surface area contributed by atoms with E-state index in [-0.39, 0.29) is 36.5 Å². The van der Waals surface area contributed by atoms with Gasteiger partial charge in [0, 0.05) is 19.0 Å². The first kappa shape index (κ1) is 17.5. The average molecular weight is 343 g/mol. The summed E-state index contributed by atoms with van der Waals surface area (Å²) in [5.41, 5.74) is 0. The highest BCUT2D eigenvalue weighted by molar-refractivity contribution is 7.91. The van der Waals surface area contributed by atoms with Crippen molar-refractivity contribution in [3.8, 4) is 0 Å². The van der Waals surface area contributed by atoms with Gasteiger partial charge in [0.25, 0.3) is 5.91 Å². The summed E-state index contributed by atoms with van der Waals surface area (Å²) in [6.45, 7) is 1.81. The van der Waals surface area contributed by atoms with E-state index in [9.17, 15) is 18.0 Å². The SMILES string of the molecule is CCN(C(=O)COC(=O)CCc1ccco1)C1CCS(=O)(=O)C1. The summed E-state index contributed by atoms with van der Waals surface area (Å²) in [4.78, 5) is 25.3. The van der Waals surface area contributed by atoms with Gasteiger partial charge in [0.1, 0.15) is 5.76 Å². The zero-order chi connectivity index (χ0) is 16.9. The van der Waals surface area contributed by atoms with Crippen molar-refractivity contribution in [2.24, 2.45) is 0 Å². The van der Waals surface area contributed by atoms with Crippen LogP contribution in [0, 0.1) is 0 Å². The second-order valence-corrected chi connectivity index (χ2v) is 7.71. The molecule has 23 heavy (non-hydrogen) atoms. The smallest absolute Gasteiger partial charge is 0.306 e. The number of ether oxygens (including phenoxy) is 1. The molecule has 0 spiro atoms. The molecule has 1 aromatic rings. The van der Waals surface area contributed by atoms with Crippen LogP contribution in [0.3, 0.4) is 0 Å². The number of hydrogen-bond donors (Lipinski definition) is 0. The summed E-state index contributed by atoms with van der Waals surface area (Å²) in [6, 6.07) is 3.18. The summed E-state index contributed by atoms with van der Waals surface area (Å²) in [6.07, 6.45) is 2.51. The van der Waals surface area contributed by atoms with E-state index in [4.69, 9.17) is 9.15 Å². The van der Waals surface area contributed by atoms with Crippen LogP contribution < -0.4 is 0 Å². The van der Waals surface area contributed by atoms with E-state index in [1.807, 2.05) is 0 Å². The molecule has 0 aliphatic carbocycles. The Balaban J connectivity index is 1.77. The van der Waals surface area contributed by atoms with Crippen LogP contribution in [0.4, 0.5) is 0 Å². The monoisotopic (exact) mass is 343 g/mol. The third kappa shape index (κ3) is 5.09. The Kier molecular flexibility index (Phi) is 5.81.